The number of halogens is 1. The Morgan fingerprint density at radius 3 is 2.31 bits per heavy atom. The van der Waals surface area contributed by atoms with Gasteiger partial charge in [-0.05, 0) is 43.7 Å². The summed E-state index contributed by atoms with van der Waals surface area (Å²) < 4.78 is 37.0. The van der Waals surface area contributed by atoms with Gasteiger partial charge in [-0.1, -0.05) is 23.5 Å². The Morgan fingerprint density at radius 1 is 1.09 bits per heavy atom. The molecule has 0 spiro atoms. The molecular weight excluding hydrogens is 473 g/mol. The minimum absolute atomic E-state index is 0.283. The number of carbonyl (C=O) groups excluding carboxylic acids is 1. The zero-order valence-electron chi connectivity index (χ0n) is 20.1. The summed E-state index contributed by atoms with van der Waals surface area (Å²) in [6, 6.07) is 9.89. The molecule has 0 atom stereocenters. The van der Waals surface area contributed by atoms with Gasteiger partial charge in [0.15, 0.2) is 16.5 Å². The molecule has 0 radical (unpaired) electrons. The summed E-state index contributed by atoms with van der Waals surface area (Å²) in [4.78, 5) is 18.4. The topological polar surface area (TPSA) is 83.3 Å². The van der Waals surface area contributed by atoms with Crippen LogP contribution >= 0.6 is 11.3 Å². The smallest absolute Gasteiger partial charge is 0.350 e. The van der Waals surface area contributed by atoms with Crippen LogP contribution in [0.1, 0.15) is 27.9 Å². The highest BCUT2D eigenvalue weighted by Gasteiger charge is 2.25. The number of anilines is 1. The lowest BCUT2D eigenvalue weighted by Gasteiger charge is -2.15. The van der Waals surface area contributed by atoms with E-state index < -0.39 is 0 Å². The lowest BCUT2D eigenvalue weighted by atomic mass is 10.1. The summed E-state index contributed by atoms with van der Waals surface area (Å²) in [7, 11) is 4.65. The Bertz CT molecular complexity index is 1340. The van der Waals surface area contributed by atoms with Crippen LogP contribution in [0.15, 0.2) is 36.4 Å². The third-order valence-electron chi connectivity index (χ3n) is 5.48. The first kappa shape index (κ1) is 24.3. The van der Waals surface area contributed by atoms with Gasteiger partial charge in [0.2, 0.25) is 5.75 Å². The Morgan fingerprint density at radius 2 is 1.74 bits per heavy atom. The first-order valence-electron chi connectivity index (χ1n) is 10.9. The summed E-state index contributed by atoms with van der Waals surface area (Å²) >= 11 is 1.25. The van der Waals surface area contributed by atoms with Crippen LogP contribution in [0.3, 0.4) is 0 Å². The predicted molar refractivity (Wildman–Crippen MR) is 133 cm³/mol. The molecule has 0 saturated carbocycles. The standard InChI is InChI=1S/C25H26FN3O5S/c1-6-34-24(30)22-14(2)29-23(27-13-15-7-9-17(26)10-8-15)20(28-25(29)35-22)16-11-18(31-3)21(33-5)19(12-16)32-4/h7-12,27H,6,13H2,1-5H3. The monoisotopic (exact) mass is 499 g/mol. The van der Waals surface area contributed by atoms with Gasteiger partial charge < -0.3 is 24.3 Å². The molecule has 0 unspecified atom stereocenters. The van der Waals surface area contributed by atoms with E-state index in [-0.39, 0.29) is 18.4 Å². The summed E-state index contributed by atoms with van der Waals surface area (Å²) in [5.41, 5.74) is 2.96. The molecule has 4 rings (SSSR count). The van der Waals surface area contributed by atoms with E-state index in [4.69, 9.17) is 23.9 Å². The number of nitrogens with one attached hydrogen (secondary N) is 1. The van der Waals surface area contributed by atoms with Crippen molar-refractivity contribution >= 4 is 28.1 Å². The van der Waals surface area contributed by atoms with Crippen LogP contribution in [0.5, 0.6) is 17.2 Å². The van der Waals surface area contributed by atoms with E-state index in [1.54, 1.807) is 40.4 Å². The number of fused-ring (bicyclic) bond motifs is 1. The van der Waals surface area contributed by atoms with Crippen LogP contribution < -0.4 is 19.5 Å². The van der Waals surface area contributed by atoms with Crippen molar-refractivity contribution in [3.63, 3.8) is 0 Å². The lowest BCUT2D eigenvalue weighted by Crippen LogP contribution is -2.07. The number of benzene rings is 2. The number of hydrogen-bond donors (Lipinski definition) is 1. The van der Waals surface area contributed by atoms with Crippen LogP contribution in [0.2, 0.25) is 0 Å². The zero-order chi connectivity index (χ0) is 25.1. The molecule has 0 bridgehead atoms. The molecule has 35 heavy (non-hydrogen) atoms. The molecule has 0 aliphatic rings. The fourth-order valence-electron chi connectivity index (χ4n) is 3.80. The van der Waals surface area contributed by atoms with Crippen molar-refractivity contribution in [1.82, 2.24) is 9.38 Å². The normalized spacial score (nSPS) is 10.9. The van der Waals surface area contributed by atoms with Crippen LogP contribution in [-0.4, -0.2) is 43.3 Å². The number of hydrogen-bond acceptors (Lipinski definition) is 8. The van der Waals surface area contributed by atoms with Crippen LogP contribution in [-0.2, 0) is 11.3 Å². The average molecular weight is 500 g/mol. The van der Waals surface area contributed by atoms with E-state index in [2.05, 4.69) is 5.32 Å². The van der Waals surface area contributed by atoms with Gasteiger partial charge in [0, 0.05) is 17.8 Å². The van der Waals surface area contributed by atoms with Gasteiger partial charge in [0.1, 0.15) is 22.2 Å². The number of rotatable bonds is 9. The second-order valence-corrected chi connectivity index (χ2v) is 8.54. The maximum atomic E-state index is 13.4. The van der Waals surface area contributed by atoms with Crippen molar-refractivity contribution in [1.29, 1.82) is 0 Å². The molecule has 184 valence electrons. The summed E-state index contributed by atoms with van der Waals surface area (Å²) in [6.45, 7) is 4.31. The quantitative estimate of drug-likeness (QED) is 0.312. The number of aromatic nitrogens is 2. The van der Waals surface area contributed by atoms with E-state index in [1.165, 1.54) is 23.5 Å². The van der Waals surface area contributed by atoms with E-state index in [0.717, 1.165) is 11.1 Å². The number of nitrogens with zero attached hydrogens (tertiary/aromatic N) is 2. The second-order valence-electron chi connectivity index (χ2n) is 7.56. The fourth-order valence-corrected chi connectivity index (χ4v) is 4.82. The van der Waals surface area contributed by atoms with Crippen molar-refractivity contribution in [3.05, 3.63) is 58.3 Å². The van der Waals surface area contributed by atoms with E-state index in [9.17, 15) is 9.18 Å². The number of carbonyl (C=O) groups is 1. The fraction of sp³-hybridized carbons (Fsp3) is 0.280. The summed E-state index contributed by atoms with van der Waals surface area (Å²) in [6.07, 6.45) is 0. The van der Waals surface area contributed by atoms with Crippen molar-refractivity contribution in [2.24, 2.45) is 0 Å². The summed E-state index contributed by atoms with van der Waals surface area (Å²) in [5, 5.41) is 3.42. The van der Waals surface area contributed by atoms with Gasteiger partial charge in [0.25, 0.3) is 0 Å². The molecule has 0 aliphatic carbocycles. The van der Waals surface area contributed by atoms with Gasteiger partial charge in [-0.2, -0.15) is 0 Å². The summed E-state index contributed by atoms with van der Waals surface area (Å²) in [5.74, 6) is 1.44. The Kier molecular flexibility index (Phi) is 7.11. The molecular formula is C25H26FN3O5S. The highest BCUT2D eigenvalue weighted by atomic mass is 32.1. The van der Waals surface area contributed by atoms with E-state index >= 15 is 0 Å². The largest absolute Gasteiger partial charge is 0.493 e. The minimum atomic E-state index is -0.390. The molecule has 0 saturated heterocycles. The zero-order valence-corrected chi connectivity index (χ0v) is 20.9. The van der Waals surface area contributed by atoms with Crippen LogP contribution in [0.25, 0.3) is 16.2 Å². The molecule has 2 aromatic heterocycles. The van der Waals surface area contributed by atoms with Crippen molar-refractivity contribution in [2.75, 3.05) is 33.3 Å². The second kappa shape index (κ2) is 10.2. The molecule has 10 heteroatoms. The number of thiazole rings is 1. The molecule has 4 aromatic rings. The Labute approximate surface area is 206 Å². The molecule has 1 N–H and O–H groups in total. The third-order valence-corrected chi connectivity index (χ3v) is 6.60. The van der Waals surface area contributed by atoms with Crippen molar-refractivity contribution in [3.8, 4) is 28.5 Å². The molecule has 2 heterocycles. The lowest BCUT2D eigenvalue weighted by molar-refractivity contribution is 0.0531. The number of aryl methyl sites for hydroxylation is 1. The van der Waals surface area contributed by atoms with E-state index in [0.29, 0.717) is 50.8 Å². The number of esters is 1. The average Bonchev–Trinajstić information content (AvgIpc) is 3.39. The Hall–Kier alpha value is -3.79. The van der Waals surface area contributed by atoms with Crippen molar-refractivity contribution < 1.29 is 28.1 Å². The van der Waals surface area contributed by atoms with Gasteiger partial charge in [-0.25, -0.2) is 14.2 Å². The SMILES string of the molecule is CCOC(=O)c1sc2nc(-c3cc(OC)c(OC)c(OC)c3)c(NCc3ccc(F)cc3)n2c1C. The van der Waals surface area contributed by atoms with E-state index in [1.807, 2.05) is 23.5 Å². The van der Waals surface area contributed by atoms with Crippen molar-refractivity contribution in [2.45, 2.75) is 20.4 Å². The molecule has 0 aliphatic heterocycles. The highest BCUT2D eigenvalue weighted by Crippen LogP contribution is 2.43. The maximum Gasteiger partial charge on any atom is 0.350 e. The first-order valence-corrected chi connectivity index (χ1v) is 11.7. The van der Waals surface area contributed by atoms with Crippen LogP contribution in [0, 0.1) is 12.7 Å². The Balaban J connectivity index is 1.87. The first-order chi connectivity index (χ1) is 16.9. The number of ether oxygens (including phenoxy) is 4. The third kappa shape index (κ3) is 4.61. The molecule has 0 fully saturated rings. The van der Waals surface area contributed by atoms with Gasteiger partial charge in [-0.15, -0.1) is 0 Å². The van der Waals surface area contributed by atoms with Gasteiger partial charge >= 0.3 is 5.97 Å². The molecule has 2 aromatic carbocycles. The highest BCUT2D eigenvalue weighted by molar-refractivity contribution is 7.19. The number of imidazole rings is 1. The van der Waals surface area contributed by atoms with Gasteiger partial charge in [0.05, 0.1) is 27.9 Å². The van der Waals surface area contributed by atoms with Crippen LogP contribution in [0.4, 0.5) is 10.2 Å². The predicted octanol–water partition coefficient (Wildman–Crippen LogP) is 5.32. The number of methoxy groups -OCH3 is 3. The van der Waals surface area contributed by atoms with Gasteiger partial charge in [-0.3, -0.25) is 4.40 Å². The molecule has 8 nitrogen and oxygen atoms in total. The maximum absolute atomic E-state index is 13.4. The molecule has 0 amide bonds. The minimum Gasteiger partial charge on any atom is -0.493 e.